The molecule has 1 unspecified atom stereocenters. The number of hydrogen-bond acceptors (Lipinski definition) is 3. The van der Waals surface area contributed by atoms with Gasteiger partial charge in [-0.05, 0) is 0 Å². The van der Waals surface area contributed by atoms with Gasteiger partial charge in [0.1, 0.15) is 5.85 Å². The molecule has 2 N–H and O–H groups in total. The molecule has 0 aliphatic heterocycles. The molecule has 0 saturated carbocycles. The van der Waals surface area contributed by atoms with Crippen molar-refractivity contribution in [2.24, 2.45) is 0 Å². The fourth-order valence-corrected chi connectivity index (χ4v) is 8.00. The largest absolute Gasteiger partial charge is 0.396 e. The molecule has 0 aliphatic rings. The van der Waals surface area contributed by atoms with Crippen molar-refractivity contribution in [2.45, 2.75) is 20.4 Å². The summed E-state index contributed by atoms with van der Waals surface area (Å²) >= 11 is 34.3. The van der Waals surface area contributed by atoms with Crippen molar-refractivity contribution in [1.82, 2.24) is 0 Å². The molecule has 0 heterocycles. The lowest BCUT2D eigenvalue weighted by molar-refractivity contribution is 0.187. The standard InChI is InChI=1S/C7H11Cl6O3P/c8-3-6(10,11)17(16,5(15)1-2-14)7(12,13)4-9/h5,14-15H,1-4H2. The molecule has 0 rings (SSSR count). The van der Waals surface area contributed by atoms with Crippen molar-refractivity contribution in [3.05, 3.63) is 0 Å². The number of aliphatic hydroxyl groups excluding tert-OH is 2. The first kappa shape index (κ1) is 18.9. The van der Waals surface area contributed by atoms with Gasteiger partial charge < -0.3 is 14.8 Å². The van der Waals surface area contributed by atoms with Crippen molar-refractivity contribution in [3.63, 3.8) is 0 Å². The first-order chi connectivity index (χ1) is 7.60. The van der Waals surface area contributed by atoms with E-state index in [4.69, 9.17) is 74.7 Å². The first-order valence-electron chi connectivity index (χ1n) is 4.37. The van der Waals surface area contributed by atoms with Gasteiger partial charge in [-0.15, -0.1) is 23.2 Å². The lowest BCUT2D eigenvalue weighted by Gasteiger charge is -2.39. The Hall–Kier alpha value is 1.89. The Bertz CT molecular complexity index is 277. The Morgan fingerprint density at radius 1 is 1.06 bits per heavy atom. The van der Waals surface area contributed by atoms with E-state index in [1.54, 1.807) is 0 Å². The Kier molecular flexibility index (Phi) is 7.84. The molecule has 0 aromatic carbocycles. The molecular weight excluding hydrogens is 376 g/mol. The van der Waals surface area contributed by atoms with E-state index in [1.807, 2.05) is 0 Å². The smallest absolute Gasteiger partial charge is 0.188 e. The summed E-state index contributed by atoms with van der Waals surface area (Å²) in [5, 5.41) is 18.6. The zero-order chi connectivity index (χ0) is 13.9. The molecule has 3 nitrogen and oxygen atoms in total. The molecule has 0 fully saturated rings. The summed E-state index contributed by atoms with van der Waals surface area (Å²) < 4.78 is 8.67. The van der Waals surface area contributed by atoms with E-state index in [9.17, 15) is 9.67 Å². The van der Waals surface area contributed by atoms with Crippen LogP contribution in [0.1, 0.15) is 6.42 Å². The topological polar surface area (TPSA) is 57.5 Å². The molecule has 0 aromatic rings. The van der Waals surface area contributed by atoms with E-state index in [0.717, 1.165) is 0 Å². The Morgan fingerprint density at radius 3 is 1.65 bits per heavy atom. The third-order valence-corrected chi connectivity index (χ3v) is 10.7. The minimum Gasteiger partial charge on any atom is -0.396 e. The highest BCUT2D eigenvalue weighted by molar-refractivity contribution is 7.74. The second-order valence-electron chi connectivity index (χ2n) is 3.25. The molecule has 0 saturated heterocycles. The first-order valence-corrected chi connectivity index (χ1v) is 8.73. The van der Waals surface area contributed by atoms with E-state index < -0.39 is 39.5 Å². The molecule has 0 aromatic heterocycles. The van der Waals surface area contributed by atoms with Crippen molar-refractivity contribution >= 4 is 76.7 Å². The van der Waals surface area contributed by atoms with E-state index in [0.29, 0.717) is 0 Å². The van der Waals surface area contributed by atoms with Gasteiger partial charge in [-0.2, -0.15) is 0 Å². The summed E-state index contributed by atoms with van der Waals surface area (Å²) in [5.41, 5.74) is 0. The van der Waals surface area contributed by atoms with E-state index in [-0.39, 0.29) is 6.42 Å². The summed E-state index contributed by atoms with van der Waals surface area (Å²) in [6.07, 6.45) is -0.257. The molecule has 0 bridgehead atoms. The molecule has 0 aliphatic carbocycles. The predicted octanol–water partition coefficient (Wildman–Crippen LogP) is 3.79. The summed E-state index contributed by atoms with van der Waals surface area (Å²) in [5.74, 6) is -2.53. The van der Waals surface area contributed by atoms with Gasteiger partial charge in [-0.25, -0.2) is 0 Å². The van der Waals surface area contributed by atoms with Crippen molar-refractivity contribution in [2.75, 3.05) is 18.4 Å². The highest BCUT2D eigenvalue weighted by atomic mass is 35.5. The maximum atomic E-state index is 12.8. The third kappa shape index (κ3) is 3.71. The average molecular weight is 387 g/mol. The molecule has 1 atom stereocenters. The Balaban J connectivity index is 5.62. The maximum Gasteiger partial charge on any atom is 0.188 e. The SMILES string of the molecule is O=P(C(O)CCO)(C(Cl)(Cl)CCl)C(Cl)(Cl)CCl. The predicted molar refractivity (Wildman–Crippen MR) is 75.6 cm³/mol. The van der Waals surface area contributed by atoms with Crippen LogP contribution < -0.4 is 0 Å². The third-order valence-electron chi connectivity index (χ3n) is 2.10. The lowest BCUT2D eigenvalue weighted by Crippen LogP contribution is -2.35. The van der Waals surface area contributed by atoms with Crippen LogP contribution in [-0.2, 0) is 4.57 Å². The molecule has 10 heteroatoms. The van der Waals surface area contributed by atoms with E-state index in [1.165, 1.54) is 0 Å². The Morgan fingerprint density at radius 2 is 1.41 bits per heavy atom. The van der Waals surface area contributed by atoms with Crippen molar-refractivity contribution < 1.29 is 14.8 Å². The molecule has 0 amide bonds. The summed E-state index contributed by atoms with van der Waals surface area (Å²) in [4.78, 5) is 0. The van der Waals surface area contributed by atoms with Crippen molar-refractivity contribution in [3.8, 4) is 0 Å². The molecule has 17 heavy (non-hydrogen) atoms. The van der Waals surface area contributed by atoms with Crippen LogP contribution in [0.3, 0.4) is 0 Å². The average Bonchev–Trinajstić information content (AvgIpc) is 2.27. The second-order valence-corrected chi connectivity index (χ2v) is 11.2. The van der Waals surface area contributed by atoms with Crippen LogP contribution >= 0.6 is 76.7 Å². The number of halogens is 6. The monoisotopic (exact) mass is 384 g/mol. The van der Waals surface area contributed by atoms with Gasteiger partial charge in [0.05, 0.1) is 11.8 Å². The van der Waals surface area contributed by atoms with Crippen LogP contribution in [-0.4, -0.2) is 42.6 Å². The second kappa shape index (κ2) is 7.06. The van der Waals surface area contributed by atoms with Gasteiger partial charge in [0, 0.05) is 13.0 Å². The fraction of sp³-hybridized carbons (Fsp3) is 1.00. The van der Waals surface area contributed by atoms with Gasteiger partial charge in [0.25, 0.3) is 0 Å². The van der Waals surface area contributed by atoms with Gasteiger partial charge in [0.15, 0.2) is 15.3 Å². The molecular formula is C7H11Cl6O3P. The number of aliphatic hydroxyl groups is 2. The van der Waals surface area contributed by atoms with Crippen LogP contribution in [0.2, 0.25) is 0 Å². The minimum atomic E-state index is -4.04. The van der Waals surface area contributed by atoms with Gasteiger partial charge in [0.2, 0.25) is 0 Å². The Labute approximate surface area is 130 Å². The number of rotatable bonds is 7. The zero-order valence-corrected chi connectivity index (χ0v) is 13.9. The molecule has 0 radical (unpaired) electrons. The van der Waals surface area contributed by atoms with E-state index in [2.05, 4.69) is 0 Å². The summed E-state index contributed by atoms with van der Waals surface area (Å²) in [6.45, 7) is -0.441. The summed E-state index contributed by atoms with van der Waals surface area (Å²) in [7, 11) is -4.04. The quantitative estimate of drug-likeness (QED) is 0.517. The zero-order valence-electron chi connectivity index (χ0n) is 8.42. The van der Waals surface area contributed by atoms with Crippen LogP contribution in [0.15, 0.2) is 0 Å². The fourth-order valence-electron chi connectivity index (χ4n) is 1.15. The molecule has 104 valence electrons. The van der Waals surface area contributed by atoms with E-state index >= 15 is 0 Å². The van der Waals surface area contributed by atoms with Gasteiger partial charge in [-0.1, -0.05) is 46.4 Å². The molecule has 0 spiro atoms. The summed E-state index contributed by atoms with van der Waals surface area (Å²) in [6, 6.07) is 0. The normalized spacial score (nSPS) is 16.0. The van der Waals surface area contributed by atoms with Crippen LogP contribution in [0.4, 0.5) is 0 Å². The number of alkyl halides is 6. The lowest BCUT2D eigenvalue weighted by atomic mass is 10.5. The van der Waals surface area contributed by atoms with Crippen LogP contribution in [0.5, 0.6) is 0 Å². The van der Waals surface area contributed by atoms with Crippen LogP contribution in [0.25, 0.3) is 0 Å². The number of hydrogen-bond donors (Lipinski definition) is 2. The van der Waals surface area contributed by atoms with Gasteiger partial charge in [-0.3, -0.25) is 0 Å². The highest BCUT2D eigenvalue weighted by Gasteiger charge is 2.61. The van der Waals surface area contributed by atoms with Crippen LogP contribution in [0, 0.1) is 0 Å². The van der Waals surface area contributed by atoms with Gasteiger partial charge >= 0.3 is 0 Å². The minimum absolute atomic E-state index is 0.257. The highest BCUT2D eigenvalue weighted by Crippen LogP contribution is 2.76. The maximum absolute atomic E-state index is 12.8. The van der Waals surface area contributed by atoms with Crippen molar-refractivity contribution in [1.29, 1.82) is 0 Å².